The highest BCUT2D eigenvalue weighted by molar-refractivity contribution is 9.10. The van der Waals surface area contributed by atoms with Gasteiger partial charge in [-0.1, -0.05) is 15.9 Å². The fraction of sp³-hybridized carbons (Fsp3) is 0.308. The van der Waals surface area contributed by atoms with E-state index in [1.165, 1.54) is 19.1 Å². The predicted molar refractivity (Wildman–Crippen MR) is 70.3 cm³/mol. The molecular weight excluding hydrogens is 316 g/mol. The molecule has 0 saturated heterocycles. The van der Waals surface area contributed by atoms with Gasteiger partial charge in [-0.25, -0.2) is 9.59 Å². The van der Waals surface area contributed by atoms with Gasteiger partial charge in [0, 0.05) is 5.56 Å². The van der Waals surface area contributed by atoms with Gasteiger partial charge in [-0.15, -0.1) is 0 Å². The van der Waals surface area contributed by atoms with Crippen LogP contribution in [-0.4, -0.2) is 32.3 Å². The monoisotopic (exact) mass is 326 g/mol. The first-order valence-electron chi connectivity index (χ1n) is 5.62. The van der Waals surface area contributed by atoms with Crippen LogP contribution in [0, 0.1) is 6.92 Å². The molecular formula is C13H11BrO5. The first-order valence-corrected chi connectivity index (χ1v) is 6.41. The summed E-state index contributed by atoms with van der Waals surface area (Å²) in [6.45, 7) is 1.40. The molecule has 0 unspecified atom stereocenters. The van der Waals surface area contributed by atoms with Crippen molar-refractivity contribution in [1.29, 1.82) is 0 Å². The maximum Gasteiger partial charge on any atom is 0.336 e. The minimum atomic E-state index is -1.29. The van der Waals surface area contributed by atoms with E-state index < -0.39 is 16.3 Å². The van der Waals surface area contributed by atoms with Gasteiger partial charge in [-0.3, -0.25) is 4.79 Å². The van der Waals surface area contributed by atoms with Crippen molar-refractivity contribution in [3.63, 3.8) is 0 Å². The van der Waals surface area contributed by atoms with Gasteiger partial charge < -0.3 is 10.2 Å². The van der Waals surface area contributed by atoms with Crippen LogP contribution < -0.4 is 0 Å². The molecule has 6 heteroatoms. The highest BCUT2D eigenvalue weighted by Crippen LogP contribution is 2.47. The molecule has 19 heavy (non-hydrogen) atoms. The van der Waals surface area contributed by atoms with Crippen LogP contribution in [0.4, 0.5) is 0 Å². The molecule has 0 amide bonds. The summed E-state index contributed by atoms with van der Waals surface area (Å²) in [7, 11) is 0. The fourth-order valence-corrected chi connectivity index (χ4v) is 2.40. The van der Waals surface area contributed by atoms with Gasteiger partial charge in [0.15, 0.2) is 5.78 Å². The molecule has 1 fully saturated rings. The molecule has 0 atom stereocenters. The lowest BCUT2D eigenvalue weighted by Gasteiger charge is -2.12. The van der Waals surface area contributed by atoms with Gasteiger partial charge in [0.05, 0.1) is 15.5 Å². The van der Waals surface area contributed by atoms with Crippen molar-refractivity contribution in [2.45, 2.75) is 24.1 Å². The Balaban J connectivity index is 2.62. The van der Waals surface area contributed by atoms with Gasteiger partial charge in [0.1, 0.15) is 0 Å². The lowest BCUT2D eigenvalue weighted by atomic mass is 9.93. The molecule has 0 heterocycles. The molecule has 0 bridgehead atoms. The van der Waals surface area contributed by atoms with E-state index in [2.05, 4.69) is 15.9 Å². The summed E-state index contributed by atoms with van der Waals surface area (Å²) >= 11 is 3.29. The van der Waals surface area contributed by atoms with Gasteiger partial charge in [0.2, 0.25) is 0 Å². The van der Waals surface area contributed by atoms with Crippen molar-refractivity contribution < 1.29 is 24.6 Å². The highest BCUT2D eigenvalue weighted by atomic mass is 79.9. The number of rotatable bonds is 4. The van der Waals surface area contributed by atoms with E-state index >= 15 is 0 Å². The van der Waals surface area contributed by atoms with Crippen LogP contribution in [0.25, 0.3) is 0 Å². The smallest absolute Gasteiger partial charge is 0.336 e. The van der Waals surface area contributed by atoms with Crippen molar-refractivity contribution in [3.8, 4) is 0 Å². The molecule has 0 aromatic heterocycles. The zero-order chi connectivity index (χ0) is 14.4. The van der Waals surface area contributed by atoms with Crippen molar-refractivity contribution in [2.75, 3.05) is 0 Å². The quantitative estimate of drug-likeness (QED) is 0.655. The molecule has 5 nitrogen and oxygen atoms in total. The number of carbonyl (C=O) groups excluding carboxylic acids is 1. The number of hydrogen-bond donors (Lipinski definition) is 2. The maximum absolute atomic E-state index is 12.2. The van der Waals surface area contributed by atoms with Crippen molar-refractivity contribution in [1.82, 2.24) is 0 Å². The van der Waals surface area contributed by atoms with Crippen LogP contribution in [-0.2, 0) is 0 Å². The van der Waals surface area contributed by atoms with E-state index in [0.717, 1.165) is 0 Å². The second-order valence-corrected chi connectivity index (χ2v) is 6.08. The molecule has 2 rings (SSSR count). The Kier molecular flexibility index (Phi) is 3.22. The molecule has 0 aliphatic heterocycles. The molecule has 0 radical (unpaired) electrons. The average Bonchev–Trinajstić information content (AvgIpc) is 3.06. The van der Waals surface area contributed by atoms with Gasteiger partial charge in [-0.05, 0) is 37.5 Å². The van der Waals surface area contributed by atoms with Crippen molar-refractivity contribution >= 4 is 33.7 Å². The molecule has 1 saturated carbocycles. The third-order valence-corrected chi connectivity index (χ3v) is 4.40. The number of carboxylic acid groups (broad SMARTS) is 2. The molecule has 0 spiro atoms. The van der Waals surface area contributed by atoms with E-state index in [1.54, 1.807) is 0 Å². The number of hydrogen-bond acceptors (Lipinski definition) is 3. The molecule has 1 aliphatic rings. The topological polar surface area (TPSA) is 91.7 Å². The van der Waals surface area contributed by atoms with Gasteiger partial charge >= 0.3 is 11.9 Å². The van der Waals surface area contributed by atoms with Crippen molar-refractivity contribution in [2.24, 2.45) is 0 Å². The Bertz CT molecular complexity index is 601. The number of benzene rings is 1. The summed E-state index contributed by atoms with van der Waals surface area (Å²) < 4.78 is -0.672. The highest BCUT2D eigenvalue weighted by Gasteiger charge is 2.48. The van der Waals surface area contributed by atoms with Crippen LogP contribution in [0.1, 0.15) is 49.5 Å². The van der Waals surface area contributed by atoms with E-state index in [4.69, 9.17) is 5.11 Å². The summed E-state index contributed by atoms with van der Waals surface area (Å²) in [6.07, 6.45) is 1.31. The number of carbonyl (C=O) groups is 3. The normalized spacial score (nSPS) is 15.9. The lowest BCUT2D eigenvalue weighted by molar-refractivity contribution is 0.0690. The fourth-order valence-electron chi connectivity index (χ4n) is 1.99. The minimum absolute atomic E-state index is 0.0596. The van der Waals surface area contributed by atoms with Crippen LogP contribution in [0.3, 0.4) is 0 Å². The maximum atomic E-state index is 12.2. The second-order valence-electron chi connectivity index (χ2n) is 4.57. The van der Waals surface area contributed by atoms with Crippen LogP contribution in [0.5, 0.6) is 0 Å². The third kappa shape index (κ3) is 2.28. The molecule has 2 N–H and O–H groups in total. The molecule has 100 valence electrons. The molecule has 1 aliphatic carbocycles. The Morgan fingerprint density at radius 1 is 1.11 bits per heavy atom. The number of Topliss-reactive ketones (excluding diaryl/α,β-unsaturated/α-hetero) is 1. The standard InChI is InChI=1S/C13H11BrO5/c1-6-7(11(16)17)2-3-8(9(6)12(18)19)10(15)13(14)4-5-13/h2-3H,4-5H2,1H3,(H,16,17)(H,18,19). The zero-order valence-corrected chi connectivity index (χ0v) is 11.7. The van der Waals surface area contributed by atoms with Crippen LogP contribution in [0.2, 0.25) is 0 Å². The lowest BCUT2D eigenvalue weighted by Crippen LogP contribution is -2.21. The summed E-state index contributed by atoms with van der Waals surface area (Å²) in [5.74, 6) is -2.80. The second kappa shape index (κ2) is 4.45. The van der Waals surface area contributed by atoms with Gasteiger partial charge in [-0.2, -0.15) is 0 Å². The van der Waals surface area contributed by atoms with Crippen molar-refractivity contribution in [3.05, 3.63) is 34.4 Å². The largest absolute Gasteiger partial charge is 0.478 e. The van der Waals surface area contributed by atoms with Crippen LogP contribution in [0.15, 0.2) is 12.1 Å². The number of carboxylic acids is 2. The number of ketones is 1. The number of aromatic carboxylic acids is 2. The predicted octanol–water partition coefficient (Wildman–Crippen LogP) is 2.50. The summed E-state index contributed by atoms with van der Waals surface area (Å²) in [5, 5.41) is 18.2. The van der Waals surface area contributed by atoms with E-state index in [1.807, 2.05) is 0 Å². The summed E-state index contributed by atoms with van der Waals surface area (Å²) in [6, 6.07) is 2.56. The average molecular weight is 327 g/mol. The number of alkyl halides is 1. The third-order valence-electron chi connectivity index (χ3n) is 3.25. The first-order chi connectivity index (χ1) is 8.78. The first kappa shape index (κ1) is 13.7. The van der Waals surface area contributed by atoms with E-state index in [0.29, 0.717) is 12.8 Å². The zero-order valence-electron chi connectivity index (χ0n) is 10.1. The Morgan fingerprint density at radius 2 is 1.63 bits per heavy atom. The van der Waals surface area contributed by atoms with Crippen LogP contribution >= 0.6 is 15.9 Å². The number of halogens is 1. The Morgan fingerprint density at radius 3 is 2.05 bits per heavy atom. The molecule has 1 aromatic rings. The SMILES string of the molecule is Cc1c(C(=O)O)ccc(C(=O)C2(Br)CC2)c1C(=O)O. The van der Waals surface area contributed by atoms with E-state index in [-0.39, 0.29) is 28.0 Å². The summed E-state index contributed by atoms with van der Waals surface area (Å²) in [5.41, 5.74) is -0.170. The van der Waals surface area contributed by atoms with E-state index in [9.17, 15) is 19.5 Å². The Hall–Kier alpha value is -1.69. The Labute approximate surface area is 117 Å². The summed E-state index contributed by atoms with van der Waals surface area (Å²) in [4.78, 5) is 34.5. The minimum Gasteiger partial charge on any atom is -0.478 e. The molecule has 1 aromatic carbocycles. The van der Waals surface area contributed by atoms with Gasteiger partial charge in [0.25, 0.3) is 0 Å².